The minimum Gasteiger partial charge on any atom is -0.478 e. The molecule has 0 aliphatic rings. The van der Waals surface area contributed by atoms with Crippen LogP contribution in [0.15, 0.2) is 36.5 Å². The van der Waals surface area contributed by atoms with Crippen molar-refractivity contribution in [1.29, 1.82) is 0 Å². The summed E-state index contributed by atoms with van der Waals surface area (Å²) in [6.07, 6.45) is 1.37. The molecule has 1 unspecified atom stereocenters. The van der Waals surface area contributed by atoms with E-state index in [2.05, 4.69) is 31.4 Å². The Bertz CT molecular complexity index is 478. The van der Waals surface area contributed by atoms with Crippen LogP contribution in [0.5, 0.6) is 0 Å². The van der Waals surface area contributed by atoms with Gasteiger partial charge in [0.05, 0.1) is 12.7 Å². The molecule has 0 saturated carbocycles. The molecule has 0 bridgehead atoms. The van der Waals surface area contributed by atoms with E-state index in [-0.39, 0.29) is 18.1 Å². The molecule has 150 valence electrons. The van der Waals surface area contributed by atoms with E-state index < -0.39 is 18.0 Å². The predicted octanol–water partition coefficient (Wildman–Crippen LogP) is 3.04. The van der Waals surface area contributed by atoms with Gasteiger partial charge < -0.3 is 19.7 Å². The van der Waals surface area contributed by atoms with E-state index in [1.54, 1.807) is 20.8 Å². The average molecular weight is 372 g/mol. The summed E-state index contributed by atoms with van der Waals surface area (Å²) in [7, 11) is 0. The lowest BCUT2D eigenvalue weighted by Gasteiger charge is -2.04. The monoisotopic (exact) mass is 372 g/mol. The van der Waals surface area contributed by atoms with E-state index in [4.69, 9.17) is 14.9 Å². The summed E-state index contributed by atoms with van der Waals surface area (Å²) in [5.74, 6) is -1.68. The number of unbranched alkanes of at least 4 members (excludes halogenated alkanes) is 1. The van der Waals surface area contributed by atoms with Crippen LogP contribution in [0.4, 0.5) is 0 Å². The first-order valence-corrected chi connectivity index (χ1v) is 8.08. The van der Waals surface area contributed by atoms with Gasteiger partial charge in [0.25, 0.3) is 0 Å². The molecule has 0 aliphatic heterocycles. The van der Waals surface area contributed by atoms with Crippen LogP contribution in [-0.2, 0) is 23.9 Å². The Morgan fingerprint density at radius 3 is 1.58 bits per heavy atom. The zero-order valence-corrected chi connectivity index (χ0v) is 16.5. The van der Waals surface area contributed by atoms with E-state index in [0.29, 0.717) is 17.8 Å². The summed E-state index contributed by atoms with van der Waals surface area (Å²) in [6, 6.07) is 0. The number of carbonyl (C=O) groups excluding carboxylic acids is 2. The van der Waals surface area contributed by atoms with E-state index in [1.165, 1.54) is 6.92 Å². The molecular weight excluding hydrogens is 340 g/mol. The Kier molecular flexibility index (Phi) is 19.0. The molecule has 0 aromatic heterocycles. The molecule has 0 heterocycles. The minimum absolute atomic E-state index is 0.0334. The summed E-state index contributed by atoms with van der Waals surface area (Å²) in [6.45, 7) is 18.8. The third-order valence-corrected chi connectivity index (χ3v) is 2.25. The molecule has 0 spiro atoms. The summed E-state index contributed by atoms with van der Waals surface area (Å²) in [5, 5.41) is 16.6. The van der Waals surface area contributed by atoms with Crippen LogP contribution in [0.3, 0.4) is 0 Å². The first-order valence-electron chi connectivity index (χ1n) is 8.08. The molecule has 26 heavy (non-hydrogen) atoms. The highest BCUT2D eigenvalue weighted by Gasteiger charge is 2.04. The summed E-state index contributed by atoms with van der Waals surface area (Å²) >= 11 is 0. The fraction of sp³-hybridized carbons (Fsp3) is 0.526. The Morgan fingerprint density at radius 1 is 0.923 bits per heavy atom. The quantitative estimate of drug-likeness (QED) is 0.383. The van der Waals surface area contributed by atoms with Crippen LogP contribution >= 0.6 is 0 Å². The number of ether oxygens (including phenoxy) is 2. The number of rotatable bonds is 8. The van der Waals surface area contributed by atoms with Gasteiger partial charge in [-0.3, -0.25) is 0 Å². The van der Waals surface area contributed by atoms with Crippen LogP contribution in [0.1, 0.15) is 47.5 Å². The van der Waals surface area contributed by atoms with Gasteiger partial charge in [-0.1, -0.05) is 33.1 Å². The van der Waals surface area contributed by atoms with Gasteiger partial charge in [-0.25, -0.2) is 14.4 Å². The molecule has 0 aromatic rings. The first kappa shape index (κ1) is 28.4. The van der Waals surface area contributed by atoms with Crippen molar-refractivity contribution in [1.82, 2.24) is 0 Å². The number of carboxylic acids is 1. The lowest BCUT2D eigenvalue weighted by molar-refractivity contribution is -0.141. The Hall–Kier alpha value is -2.41. The highest BCUT2D eigenvalue weighted by atomic mass is 16.5. The number of esters is 2. The molecule has 0 aliphatic carbocycles. The molecule has 0 amide bonds. The second-order valence-corrected chi connectivity index (χ2v) is 5.58. The molecule has 0 saturated heterocycles. The number of aliphatic hydroxyl groups excluding tert-OH is 1. The van der Waals surface area contributed by atoms with Crippen molar-refractivity contribution in [3.8, 4) is 0 Å². The lowest BCUT2D eigenvalue weighted by Crippen LogP contribution is -2.15. The van der Waals surface area contributed by atoms with Gasteiger partial charge in [-0.05, 0) is 34.1 Å². The molecule has 0 radical (unpaired) electrons. The third-order valence-electron chi connectivity index (χ3n) is 2.25. The number of carbonyl (C=O) groups is 3. The standard InChI is InChI=1S/C8H14O2.C7H12O3.C4H6O2/c1-4-5-6-10-8(9)7(2)3;1-5(2)7(9)10-4-6(3)8;1-3(2)4(5)6/h2,4-6H2,1,3H3;6,8H,1,4H2,2-3H3;1H2,2H3,(H,5,6). The van der Waals surface area contributed by atoms with Crippen molar-refractivity contribution in [2.24, 2.45) is 0 Å². The Morgan fingerprint density at radius 2 is 1.31 bits per heavy atom. The van der Waals surface area contributed by atoms with Crippen LogP contribution in [0, 0.1) is 0 Å². The topological polar surface area (TPSA) is 110 Å². The second-order valence-electron chi connectivity index (χ2n) is 5.58. The number of aliphatic hydroxyl groups is 1. The smallest absolute Gasteiger partial charge is 0.333 e. The largest absolute Gasteiger partial charge is 0.478 e. The van der Waals surface area contributed by atoms with Crippen LogP contribution in [-0.4, -0.2) is 47.4 Å². The summed E-state index contributed by atoms with van der Waals surface area (Å²) < 4.78 is 9.38. The van der Waals surface area contributed by atoms with Gasteiger partial charge in [0.15, 0.2) is 0 Å². The van der Waals surface area contributed by atoms with Crippen LogP contribution in [0.2, 0.25) is 0 Å². The molecule has 0 rings (SSSR count). The Balaban J connectivity index is -0.000000316. The normalized spacial score (nSPS) is 9.92. The highest BCUT2D eigenvalue weighted by molar-refractivity contribution is 5.87. The maximum atomic E-state index is 10.7. The fourth-order valence-corrected chi connectivity index (χ4v) is 0.752. The first-order chi connectivity index (χ1) is 11.9. The van der Waals surface area contributed by atoms with Gasteiger partial charge in [0, 0.05) is 16.7 Å². The molecule has 7 heteroatoms. The van der Waals surface area contributed by atoms with Gasteiger partial charge in [-0.15, -0.1) is 0 Å². The number of aliphatic carboxylic acids is 1. The average Bonchev–Trinajstić information content (AvgIpc) is 2.53. The maximum absolute atomic E-state index is 10.7. The molecule has 1 atom stereocenters. The fourth-order valence-electron chi connectivity index (χ4n) is 0.752. The lowest BCUT2D eigenvalue weighted by atomic mass is 10.3. The van der Waals surface area contributed by atoms with Crippen LogP contribution in [0.25, 0.3) is 0 Å². The van der Waals surface area contributed by atoms with Crippen molar-refractivity contribution in [3.63, 3.8) is 0 Å². The molecule has 0 fully saturated rings. The number of carboxylic acid groups (broad SMARTS) is 1. The van der Waals surface area contributed by atoms with Crippen molar-refractivity contribution in [2.45, 2.75) is 53.6 Å². The van der Waals surface area contributed by atoms with Crippen molar-refractivity contribution in [2.75, 3.05) is 13.2 Å². The zero-order valence-electron chi connectivity index (χ0n) is 16.5. The molecular formula is C19H32O7. The number of hydrogen-bond acceptors (Lipinski definition) is 6. The van der Waals surface area contributed by atoms with E-state index in [1.807, 2.05) is 0 Å². The van der Waals surface area contributed by atoms with E-state index in [0.717, 1.165) is 12.8 Å². The van der Waals surface area contributed by atoms with Crippen molar-refractivity contribution < 1.29 is 34.1 Å². The number of hydrogen-bond donors (Lipinski definition) is 2. The Labute approximate surface area is 156 Å². The van der Waals surface area contributed by atoms with E-state index in [9.17, 15) is 14.4 Å². The summed E-state index contributed by atoms with van der Waals surface area (Å²) in [5.41, 5.74) is 0.992. The SMILES string of the molecule is C=C(C)C(=O)O.C=C(C)C(=O)OCC(C)O.C=C(C)C(=O)OCCCC. The van der Waals surface area contributed by atoms with Gasteiger partial charge in [0.2, 0.25) is 0 Å². The van der Waals surface area contributed by atoms with Crippen molar-refractivity contribution >= 4 is 17.9 Å². The summed E-state index contributed by atoms with van der Waals surface area (Å²) in [4.78, 5) is 30.9. The van der Waals surface area contributed by atoms with Gasteiger partial charge in [0.1, 0.15) is 6.61 Å². The highest BCUT2D eigenvalue weighted by Crippen LogP contribution is 1.94. The van der Waals surface area contributed by atoms with E-state index >= 15 is 0 Å². The molecule has 0 aromatic carbocycles. The minimum atomic E-state index is -0.935. The molecule has 7 nitrogen and oxygen atoms in total. The van der Waals surface area contributed by atoms with Crippen molar-refractivity contribution in [3.05, 3.63) is 36.5 Å². The second kappa shape index (κ2) is 17.4. The van der Waals surface area contributed by atoms with Crippen LogP contribution < -0.4 is 0 Å². The third kappa shape index (κ3) is 23.9. The van der Waals surface area contributed by atoms with Gasteiger partial charge >= 0.3 is 17.9 Å². The van der Waals surface area contributed by atoms with Gasteiger partial charge in [-0.2, -0.15) is 0 Å². The zero-order chi connectivity index (χ0) is 21.3. The molecule has 2 N–H and O–H groups in total. The maximum Gasteiger partial charge on any atom is 0.333 e. The predicted molar refractivity (Wildman–Crippen MR) is 101 cm³/mol.